The van der Waals surface area contributed by atoms with Crippen molar-refractivity contribution in [1.29, 1.82) is 0 Å². The van der Waals surface area contributed by atoms with E-state index >= 15 is 0 Å². The number of nitrogens with one attached hydrogen (secondary N) is 1. The monoisotopic (exact) mass is 277 g/mol. The van der Waals surface area contributed by atoms with Crippen molar-refractivity contribution in [2.45, 2.75) is 32.7 Å². The molecule has 0 spiro atoms. The minimum Gasteiger partial charge on any atom is -0.367 e. The molecule has 2 heterocycles. The molecule has 0 aliphatic heterocycles. The fourth-order valence-corrected chi connectivity index (χ4v) is 2.56. The minimum atomic E-state index is 0.483. The van der Waals surface area contributed by atoms with Gasteiger partial charge in [0.2, 0.25) is 0 Å². The van der Waals surface area contributed by atoms with E-state index in [1.54, 1.807) is 0 Å². The average Bonchev–Trinajstić information content (AvgIpc) is 2.90. The van der Waals surface area contributed by atoms with Crippen LogP contribution in [0, 0.1) is 5.92 Å². The van der Waals surface area contributed by atoms with Gasteiger partial charge in [-0.2, -0.15) is 0 Å². The van der Waals surface area contributed by atoms with Crippen LogP contribution in [0.15, 0.2) is 12.1 Å². The van der Waals surface area contributed by atoms with Gasteiger partial charge in [-0.25, -0.2) is 0 Å². The molecule has 1 N–H and O–H groups in total. The Morgan fingerprint density at radius 2 is 2.00 bits per heavy atom. The summed E-state index contributed by atoms with van der Waals surface area (Å²) >= 11 is 0. The van der Waals surface area contributed by atoms with Crippen LogP contribution < -0.4 is 5.32 Å². The molecule has 1 unspecified atom stereocenters. The van der Waals surface area contributed by atoms with Crippen molar-refractivity contribution < 1.29 is 0 Å². The zero-order valence-corrected chi connectivity index (χ0v) is 12.6. The maximum Gasteiger partial charge on any atom is 0.200 e. The van der Waals surface area contributed by atoms with Crippen LogP contribution in [-0.2, 0) is 0 Å². The highest BCUT2D eigenvalue weighted by Crippen LogP contribution is 2.17. The van der Waals surface area contributed by atoms with E-state index in [4.69, 9.17) is 0 Å². The molecule has 2 aromatic heterocycles. The van der Waals surface area contributed by atoms with Crippen LogP contribution in [0.4, 0.5) is 5.82 Å². The molecule has 2 aromatic rings. The highest BCUT2D eigenvalue weighted by atomic mass is 15.6. The molecule has 7 nitrogen and oxygen atoms in total. The van der Waals surface area contributed by atoms with E-state index in [2.05, 4.69) is 58.8 Å². The van der Waals surface area contributed by atoms with Gasteiger partial charge >= 0.3 is 0 Å². The van der Waals surface area contributed by atoms with E-state index in [-0.39, 0.29) is 0 Å². The van der Waals surface area contributed by atoms with Gasteiger partial charge in [0.15, 0.2) is 5.65 Å². The first-order chi connectivity index (χ1) is 9.65. The zero-order valence-electron chi connectivity index (χ0n) is 12.6. The summed E-state index contributed by atoms with van der Waals surface area (Å²) in [7, 11) is 4.26. The molecule has 0 bridgehead atoms. The maximum atomic E-state index is 4.33. The van der Waals surface area contributed by atoms with Gasteiger partial charge in [0.25, 0.3) is 0 Å². The van der Waals surface area contributed by atoms with E-state index in [1.807, 2.05) is 12.1 Å². The fourth-order valence-electron chi connectivity index (χ4n) is 2.56. The fraction of sp³-hybridized carbons (Fsp3) is 0.692. The average molecular weight is 277 g/mol. The molecule has 110 valence electrons. The summed E-state index contributed by atoms with van der Waals surface area (Å²) in [6, 6.07) is 4.25. The Balaban J connectivity index is 2.04. The summed E-state index contributed by atoms with van der Waals surface area (Å²) in [5, 5.41) is 18.9. The van der Waals surface area contributed by atoms with Crippen molar-refractivity contribution in [1.82, 2.24) is 30.2 Å². The van der Waals surface area contributed by atoms with E-state index < -0.39 is 0 Å². The molecule has 0 aliphatic carbocycles. The first kappa shape index (κ1) is 14.6. The molecule has 0 aromatic carbocycles. The van der Waals surface area contributed by atoms with Crippen LogP contribution in [0.5, 0.6) is 0 Å². The van der Waals surface area contributed by atoms with Gasteiger partial charge in [-0.05, 0) is 42.6 Å². The van der Waals surface area contributed by atoms with Gasteiger partial charge in [-0.15, -0.1) is 14.8 Å². The summed E-state index contributed by atoms with van der Waals surface area (Å²) in [5.41, 5.74) is 0.653. The lowest BCUT2D eigenvalue weighted by molar-refractivity contribution is 0.210. The Bertz CT molecular complexity index is 532. The van der Waals surface area contributed by atoms with Crippen LogP contribution >= 0.6 is 0 Å². The molecule has 0 saturated heterocycles. The molecule has 0 amide bonds. The van der Waals surface area contributed by atoms with Gasteiger partial charge in [0.1, 0.15) is 5.82 Å². The number of hydrogen-bond acceptors (Lipinski definition) is 6. The van der Waals surface area contributed by atoms with E-state index in [0.717, 1.165) is 12.4 Å². The van der Waals surface area contributed by atoms with Gasteiger partial charge in [0, 0.05) is 12.6 Å². The van der Waals surface area contributed by atoms with Gasteiger partial charge in [-0.3, -0.25) is 0 Å². The predicted octanol–water partition coefficient (Wildman–Crippen LogP) is 1.30. The number of tetrazole rings is 1. The third-order valence-corrected chi connectivity index (χ3v) is 3.82. The standard InChI is InChI=1S/C13H23N7/c1-5-10(6-2)11(19(3)4)9-14-12-7-8-13-15-17-18-20(13)16-12/h7-8,10-11H,5-6,9H2,1-4H3,(H,14,16). The molecular formula is C13H23N7. The quantitative estimate of drug-likeness (QED) is 0.822. The Labute approximate surface area is 119 Å². The number of rotatable bonds is 7. The summed E-state index contributed by atoms with van der Waals surface area (Å²) in [6.45, 7) is 5.35. The number of hydrogen-bond donors (Lipinski definition) is 1. The number of likely N-dealkylation sites (N-methyl/N-ethyl adjacent to an activating group) is 1. The number of aromatic nitrogens is 5. The Morgan fingerprint density at radius 1 is 1.25 bits per heavy atom. The highest BCUT2D eigenvalue weighted by molar-refractivity contribution is 5.42. The van der Waals surface area contributed by atoms with Crippen LogP contribution in [0.3, 0.4) is 0 Å². The Morgan fingerprint density at radius 3 is 2.65 bits per heavy atom. The molecule has 0 radical (unpaired) electrons. The Kier molecular flexibility index (Phi) is 4.84. The van der Waals surface area contributed by atoms with Crippen molar-refractivity contribution in [3.63, 3.8) is 0 Å². The van der Waals surface area contributed by atoms with Crippen molar-refractivity contribution in [3.8, 4) is 0 Å². The van der Waals surface area contributed by atoms with Gasteiger partial charge < -0.3 is 10.2 Å². The SMILES string of the molecule is CCC(CC)C(CNc1ccc2nnnn2n1)N(C)C. The first-order valence-corrected chi connectivity index (χ1v) is 7.11. The van der Waals surface area contributed by atoms with Gasteiger partial charge in [0.05, 0.1) is 0 Å². The lowest BCUT2D eigenvalue weighted by Gasteiger charge is -2.31. The van der Waals surface area contributed by atoms with Crippen LogP contribution in [-0.4, -0.2) is 56.8 Å². The second-order valence-electron chi connectivity index (χ2n) is 5.23. The van der Waals surface area contributed by atoms with E-state index in [9.17, 15) is 0 Å². The summed E-state index contributed by atoms with van der Waals surface area (Å²) in [5.74, 6) is 1.47. The molecule has 0 fully saturated rings. The maximum absolute atomic E-state index is 4.33. The largest absolute Gasteiger partial charge is 0.367 e. The van der Waals surface area contributed by atoms with Crippen molar-refractivity contribution in [2.75, 3.05) is 26.0 Å². The molecule has 0 saturated carbocycles. The predicted molar refractivity (Wildman–Crippen MR) is 78.6 cm³/mol. The smallest absolute Gasteiger partial charge is 0.200 e. The number of anilines is 1. The van der Waals surface area contributed by atoms with Crippen LogP contribution in [0.25, 0.3) is 5.65 Å². The first-order valence-electron chi connectivity index (χ1n) is 7.11. The minimum absolute atomic E-state index is 0.483. The Hall–Kier alpha value is -1.76. The lowest BCUT2D eigenvalue weighted by Crippen LogP contribution is -2.40. The van der Waals surface area contributed by atoms with Crippen LogP contribution in [0.2, 0.25) is 0 Å². The lowest BCUT2D eigenvalue weighted by atomic mass is 9.93. The summed E-state index contributed by atoms with van der Waals surface area (Å²) in [4.78, 5) is 2.28. The van der Waals surface area contributed by atoms with Crippen LogP contribution in [0.1, 0.15) is 26.7 Å². The highest BCUT2D eigenvalue weighted by Gasteiger charge is 2.20. The molecule has 2 rings (SSSR count). The number of fused-ring (bicyclic) bond motifs is 1. The second-order valence-corrected chi connectivity index (χ2v) is 5.23. The third kappa shape index (κ3) is 3.22. The topological polar surface area (TPSA) is 71.2 Å². The summed E-state index contributed by atoms with van der Waals surface area (Å²) < 4.78 is 1.43. The molecule has 7 heteroatoms. The molecule has 1 atom stereocenters. The zero-order chi connectivity index (χ0) is 14.5. The number of nitrogens with zero attached hydrogens (tertiary/aromatic N) is 6. The normalized spacial score (nSPS) is 13.3. The molecule has 0 aliphatic rings. The molecule has 20 heavy (non-hydrogen) atoms. The van der Waals surface area contributed by atoms with E-state index in [0.29, 0.717) is 17.6 Å². The second kappa shape index (κ2) is 6.60. The van der Waals surface area contributed by atoms with E-state index in [1.165, 1.54) is 17.5 Å². The van der Waals surface area contributed by atoms with Crippen molar-refractivity contribution in [3.05, 3.63) is 12.1 Å². The van der Waals surface area contributed by atoms with Crippen molar-refractivity contribution >= 4 is 11.5 Å². The van der Waals surface area contributed by atoms with Crippen molar-refractivity contribution in [2.24, 2.45) is 5.92 Å². The molecular weight excluding hydrogens is 254 g/mol. The van der Waals surface area contributed by atoms with Gasteiger partial charge in [-0.1, -0.05) is 26.7 Å². The summed E-state index contributed by atoms with van der Waals surface area (Å²) in [6.07, 6.45) is 2.36. The third-order valence-electron chi connectivity index (χ3n) is 3.82.